The van der Waals surface area contributed by atoms with Crippen molar-refractivity contribution in [3.05, 3.63) is 40.7 Å². The second-order valence-electron chi connectivity index (χ2n) is 6.36. The van der Waals surface area contributed by atoms with Crippen LogP contribution in [0, 0.1) is 11.4 Å². The highest BCUT2D eigenvalue weighted by Gasteiger charge is 2.19. The molecule has 2 rings (SSSR count). The highest BCUT2D eigenvalue weighted by Crippen LogP contribution is 2.25. The van der Waals surface area contributed by atoms with Crippen molar-refractivity contribution in [3.63, 3.8) is 0 Å². The number of amides is 1. The van der Waals surface area contributed by atoms with Gasteiger partial charge in [0.15, 0.2) is 5.69 Å². The van der Waals surface area contributed by atoms with Crippen LogP contribution in [0.4, 0.5) is 10.1 Å². The fourth-order valence-electron chi connectivity index (χ4n) is 2.36. The number of carbonyl (C=O) groups excluding carboxylic acids is 1. The Bertz CT molecular complexity index is 839. The molecule has 0 aliphatic heterocycles. The largest absolute Gasteiger partial charge is 0.466 e. The number of halogens is 2. The highest BCUT2D eigenvalue weighted by atomic mass is 35.5. The van der Waals surface area contributed by atoms with Crippen LogP contribution >= 0.6 is 11.6 Å². The van der Waals surface area contributed by atoms with Gasteiger partial charge in [0.1, 0.15) is 0 Å². The van der Waals surface area contributed by atoms with E-state index in [4.69, 9.17) is 27.5 Å². The maximum atomic E-state index is 14.1. The predicted octanol–water partition coefficient (Wildman–Crippen LogP) is 3.31. The summed E-state index contributed by atoms with van der Waals surface area (Å²) in [5.41, 5.74) is 5.85. The van der Waals surface area contributed by atoms with Crippen LogP contribution in [0.2, 0.25) is 5.02 Å². The molecule has 0 bridgehead atoms. The van der Waals surface area contributed by atoms with Crippen molar-refractivity contribution in [1.29, 1.82) is 5.41 Å². The Morgan fingerprint density at radius 2 is 2.19 bits per heavy atom. The molecule has 0 saturated heterocycles. The number of ether oxygens (including phenoxy) is 1. The van der Waals surface area contributed by atoms with Gasteiger partial charge in [-0.2, -0.15) is 9.49 Å². The van der Waals surface area contributed by atoms with Gasteiger partial charge >= 0.3 is 0 Å². The van der Waals surface area contributed by atoms with Crippen LogP contribution in [-0.2, 0) is 4.74 Å². The molecule has 146 valence electrons. The minimum Gasteiger partial charge on any atom is -0.466 e. The zero-order valence-corrected chi connectivity index (χ0v) is 16.0. The number of anilines is 1. The molecule has 0 aliphatic carbocycles. The van der Waals surface area contributed by atoms with Crippen molar-refractivity contribution in [3.8, 4) is 0 Å². The van der Waals surface area contributed by atoms with E-state index in [0.29, 0.717) is 17.7 Å². The normalized spacial score (nSPS) is 12.1. The Balaban J connectivity index is 2.13. The van der Waals surface area contributed by atoms with E-state index in [2.05, 4.69) is 15.4 Å². The average Bonchev–Trinajstić information content (AvgIpc) is 2.98. The number of carbonyl (C=O) groups is 1. The van der Waals surface area contributed by atoms with Crippen molar-refractivity contribution in [2.75, 3.05) is 11.9 Å². The van der Waals surface area contributed by atoms with Crippen LogP contribution in [0.25, 0.3) is 0 Å². The fraction of sp³-hybridized carbons (Fsp3) is 0.412. The van der Waals surface area contributed by atoms with Gasteiger partial charge in [-0.3, -0.25) is 14.9 Å². The number of aromatic nitrogens is 3. The number of nitrogens with two attached hydrogens (primary N) is 1. The summed E-state index contributed by atoms with van der Waals surface area (Å²) in [5, 5.41) is 14.1. The first-order valence-corrected chi connectivity index (χ1v) is 8.75. The van der Waals surface area contributed by atoms with Crippen LogP contribution < -0.4 is 11.1 Å². The first-order chi connectivity index (χ1) is 12.7. The highest BCUT2D eigenvalue weighted by molar-refractivity contribution is 6.34. The SMILES string of the molecule is CC(CCOC(=N)N)c1cc(NC(=O)c2nn(C(C)C)cc2Cl)cnc1F. The minimum absolute atomic E-state index is 0.0567. The topological polar surface area (TPSA) is 119 Å². The molecule has 0 fully saturated rings. The summed E-state index contributed by atoms with van der Waals surface area (Å²) in [7, 11) is 0. The van der Waals surface area contributed by atoms with Gasteiger partial charge in [0.25, 0.3) is 11.9 Å². The maximum absolute atomic E-state index is 14.1. The average molecular weight is 397 g/mol. The van der Waals surface area contributed by atoms with Crippen LogP contribution in [0.15, 0.2) is 18.5 Å². The monoisotopic (exact) mass is 396 g/mol. The summed E-state index contributed by atoms with van der Waals surface area (Å²) >= 11 is 6.08. The molecule has 0 spiro atoms. The molecule has 8 nitrogen and oxygen atoms in total. The molecule has 0 aliphatic rings. The Kier molecular flexibility index (Phi) is 6.73. The quantitative estimate of drug-likeness (QED) is 0.377. The number of amidine groups is 1. The van der Waals surface area contributed by atoms with E-state index in [1.807, 2.05) is 13.8 Å². The van der Waals surface area contributed by atoms with E-state index >= 15 is 0 Å². The van der Waals surface area contributed by atoms with Crippen molar-refractivity contribution in [2.45, 2.75) is 39.2 Å². The zero-order valence-electron chi connectivity index (χ0n) is 15.3. The van der Waals surface area contributed by atoms with Crippen molar-refractivity contribution < 1.29 is 13.9 Å². The standard InChI is InChI=1S/C17H22ClFN6O2/c1-9(2)25-8-13(18)14(24-25)16(26)23-11-6-12(15(19)22-7-11)10(3)4-5-27-17(20)21/h6-10H,4-5H2,1-3H3,(H3,20,21)(H,23,26). The maximum Gasteiger partial charge on any atom is 0.278 e. The van der Waals surface area contributed by atoms with E-state index < -0.39 is 11.9 Å². The van der Waals surface area contributed by atoms with Crippen molar-refractivity contribution in [2.24, 2.45) is 5.73 Å². The molecular weight excluding hydrogens is 375 g/mol. The predicted molar refractivity (Wildman–Crippen MR) is 101 cm³/mol. The number of nitrogens with zero attached hydrogens (tertiary/aromatic N) is 3. The van der Waals surface area contributed by atoms with Gasteiger partial charge in [0.2, 0.25) is 5.95 Å². The number of hydrogen-bond donors (Lipinski definition) is 3. The van der Waals surface area contributed by atoms with Gasteiger partial charge in [-0.1, -0.05) is 18.5 Å². The minimum atomic E-state index is -0.634. The smallest absolute Gasteiger partial charge is 0.278 e. The lowest BCUT2D eigenvalue weighted by Crippen LogP contribution is -2.17. The molecular formula is C17H22ClFN6O2. The Morgan fingerprint density at radius 3 is 2.78 bits per heavy atom. The first kappa shape index (κ1) is 20.6. The van der Waals surface area contributed by atoms with E-state index in [1.165, 1.54) is 12.3 Å². The number of pyridine rings is 1. The summed E-state index contributed by atoms with van der Waals surface area (Å²) in [4.78, 5) is 16.1. The third-order valence-electron chi connectivity index (χ3n) is 3.89. The van der Waals surface area contributed by atoms with E-state index in [0.717, 1.165) is 0 Å². The van der Waals surface area contributed by atoms with Gasteiger partial charge in [-0.15, -0.1) is 0 Å². The van der Waals surface area contributed by atoms with E-state index in [-0.39, 0.29) is 35.3 Å². The molecule has 10 heteroatoms. The van der Waals surface area contributed by atoms with E-state index in [9.17, 15) is 9.18 Å². The Labute approximate surface area is 161 Å². The number of rotatable bonds is 7. The van der Waals surface area contributed by atoms with Gasteiger partial charge in [0, 0.05) is 17.8 Å². The Hall–Kier alpha value is -2.68. The molecule has 2 aromatic heterocycles. The van der Waals surface area contributed by atoms with E-state index in [1.54, 1.807) is 17.8 Å². The van der Waals surface area contributed by atoms with Gasteiger partial charge < -0.3 is 15.8 Å². The van der Waals surface area contributed by atoms with Gasteiger partial charge in [-0.25, -0.2) is 4.98 Å². The summed E-state index contributed by atoms with van der Waals surface area (Å²) in [6.45, 7) is 5.79. The lowest BCUT2D eigenvalue weighted by Gasteiger charge is -2.14. The van der Waals surface area contributed by atoms with Crippen LogP contribution in [0.1, 0.15) is 55.2 Å². The molecule has 4 N–H and O–H groups in total. The third-order valence-corrected chi connectivity index (χ3v) is 4.17. The number of hydrogen-bond acceptors (Lipinski definition) is 5. The second kappa shape index (κ2) is 8.81. The molecule has 1 unspecified atom stereocenters. The van der Waals surface area contributed by atoms with Crippen LogP contribution in [0.5, 0.6) is 0 Å². The molecule has 0 aromatic carbocycles. The molecule has 27 heavy (non-hydrogen) atoms. The Morgan fingerprint density at radius 1 is 1.48 bits per heavy atom. The van der Waals surface area contributed by atoms with Crippen molar-refractivity contribution in [1.82, 2.24) is 14.8 Å². The summed E-state index contributed by atoms with van der Waals surface area (Å²) in [6.07, 6.45) is 3.23. The molecule has 2 aromatic rings. The molecule has 1 atom stereocenters. The second-order valence-corrected chi connectivity index (χ2v) is 6.77. The van der Waals surface area contributed by atoms with Gasteiger partial charge in [-0.05, 0) is 32.3 Å². The van der Waals surface area contributed by atoms with Crippen LogP contribution in [-0.4, -0.2) is 33.3 Å². The summed E-state index contributed by atoms with van der Waals surface area (Å²) in [5.74, 6) is -1.39. The molecule has 1 amide bonds. The lowest BCUT2D eigenvalue weighted by atomic mass is 9.99. The molecule has 0 saturated carbocycles. The first-order valence-electron chi connectivity index (χ1n) is 8.37. The molecule has 2 heterocycles. The summed E-state index contributed by atoms with van der Waals surface area (Å²) in [6, 6.07) is 1.17. The number of nitrogens with one attached hydrogen (secondary N) is 2. The third kappa shape index (κ3) is 5.40. The van der Waals surface area contributed by atoms with Crippen LogP contribution in [0.3, 0.4) is 0 Å². The summed E-state index contributed by atoms with van der Waals surface area (Å²) < 4.78 is 20.5. The fourth-order valence-corrected chi connectivity index (χ4v) is 2.58. The lowest BCUT2D eigenvalue weighted by molar-refractivity contribution is 0.102. The molecule has 0 radical (unpaired) electrons. The van der Waals surface area contributed by atoms with Gasteiger partial charge in [0.05, 0.1) is 23.5 Å². The van der Waals surface area contributed by atoms with Crippen molar-refractivity contribution >= 4 is 29.2 Å². The zero-order chi connectivity index (χ0) is 20.1.